The molecule has 0 saturated carbocycles. The first-order valence-electron chi connectivity index (χ1n) is 6.50. The highest BCUT2D eigenvalue weighted by Gasteiger charge is 2.28. The minimum Gasteiger partial charge on any atom is -0.493 e. The Labute approximate surface area is 137 Å². The molecular formula is C14H17BrClNO4. The molecule has 21 heavy (non-hydrogen) atoms. The fourth-order valence-corrected chi connectivity index (χ4v) is 3.14. The fraction of sp³-hybridized carbons (Fsp3) is 0.500. The number of morpholine rings is 1. The molecule has 1 fully saturated rings. The molecule has 1 unspecified atom stereocenters. The van der Waals surface area contributed by atoms with Gasteiger partial charge in [-0.05, 0) is 17.7 Å². The van der Waals surface area contributed by atoms with Gasteiger partial charge in [-0.25, -0.2) is 0 Å². The second kappa shape index (κ2) is 7.33. The molecule has 0 N–H and O–H groups in total. The molecule has 1 atom stereocenters. The highest BCUT2D eigenvalue weighted by atomic mass is 79.9. The largest absolute Gasteiger partial charge is 0.493 e. The van der Waals surface area contributed by atoms with Crippen molar-refractivity contribution in [3.8, 4) is 11.5 Å². The SMILES string of the molecule is COc1cc(Br)c(C(Cl)C(=O)N2CCOCC2)cc1OC. The van der Waals surface area contributed by atoms with E-state index in [4.69, 9.17) is 25.8 Å². The Morgan fingerprint density at radius 2 is 1.86 bits per heavy atom. The Kier molecular flexibility index (Phi) is 5.72. The van der Waals surface area contributed by atoms with Crippen LogP contribution in [0.1, 0.15) is 10.9 Å². The standard InChI is InChI=1S/C14H17BrClNO4/c1-19-11-7-9(10(15)8-12(11)20-2)13(16)14(18)17-3-5-21-6-4-17/h7-8,13H,3-6H2,1-2H3. The number of methoxy groups -OCH3 is 2. The third-order valence-electron chi connectivity index (χ3n) is 3.32. The lowest BCUT2D eigenvalue weighted by atomic mass is 10.1. The zero-order chi connectivity index (χ0) is 15.4. The molecule has 2 rings (SSSR count). The van der Waals surface area contributed by atoms with Crippen molar-refractivity contribution in [2.24, 2.45) is 0 Å². The molecule has 1 heterocycles. The van der Waals surface area contributed by atoms with Gasteiger partial charge in [0.05, 0.1) is 27.4 Å². The highest BCUT2D eigenvalue weighted by molar-refractivity contribution is 9.10. The minimum absolute atomic E-state index is 0.132. The first-order valence-corrected chi connectivity index (χ1v) is 7.73. The van der Waals surface area contributed by atoms with E-state index in [1.165, 1.54) is 0 Å². The monoisotopic (exact) mass is 377 g/mol. The Bertz CT molecular complexity index is 520. The number of hydrogen-bond acceptors (Lipinski definition) is 4. The molecule has 1 saturated heterocycles. The van der Waals surface area contributed by atoms with E-state index in [1.54, 1.807) is 31.3 Å². The van der Waals surface area contributed by atoms with Crippen molar-refractivity contribution in [2.75, 3.05) is 40.5 Å². The van der Waals surface area contributed by atoms with Gasteiger partial charge in [0.2, 0.25) is 5.91 Å². The Morgan fingerprint density at radius 3 is 2.43 bits per heavy atom. The highest BCUT2D eigenvalue weighted by Crippen LogP contribution is 2.38. The number of carbonyl (C=O) groups excluding carboxylic acids is 1. The molecule has 0 aliphatic carbocycles. The first-order chi connectivity index (χ1) is 10.1. The van der Waals surface area contributed by atoms with Gasteiger partial charge in [-0.2, -0.15) is 0 Å². The van der Waals surface area contributed by atoms with Crippen LogP contribution in [0.4, 0.5) is 0 Å². The van der Waals surface area contributed by atoms with Crippen molar-refractivity contribution < 1.29 is 19.0 Å². The topological polar surface area (TPSA) is 48.0 Å². The summed E-state index contributed by atoms with van der Waals surface area (Å²) in [6.45, 7) is 2.21. The van der Waals surface area contributed by atoms with Crippen molar-refractivity contribution >= 4 is 33.4 Å². The van der Waals surface area contributed by atoms with Gasteiger partial charge in [0, 0.05) is 17.6 Å². The van der Waals surface area contributed by atoms with Crippen LogP contribution in [0.3, 0.4) is 0 Å². The average molecular weight is 379 g/mol. The van der Waals surface area contributed by atoms with Crippen LogP contribution in [-0.4, -0.2) is 51.3 Å². The Morgan fingerprint density at radius 1 is 1.29 bits per heavy atom. The van der Waals surface area contributed by atoms with E-state index in [0.717, 1.165) is 0 Å². The molecule has 1 aromatic carbocycles. The fourth-order valence-electron chi connectivity index (χ4n) is 2.14. The number of ether oxygens (including phenoxy) is 3. The van der Waals surface area contributed by atoms with Gasteiger partial charge >= 0.3 is 0 Å². The second-order valence-electron chi connectivity index (χ2n) is 4.53. The van der Waals surface area contributed by atoms with Crippen LogP contribution in [0.5, 0.6) is 11.5 Å². The summed E-state index contributed by atoms with van der Waals surface area (Å²) in [5.41, 5.74) is 0.658. The van der Waals surface area contributed by atoms with Crippen molar-refractivity contribution in [2.45, 2.75) is 5.38 Å². The lowest BCUT2D eigenvalue weighted by Crippen LogP contribution is -2.42. The first kappa shape index (κ1) is 16.4. The van der Waals surface area contributed by atoms with Crippen molar-refractivity contribution in [1.29, 1.82) is 0 Å². The smallest absolute Gasteiger partial charge is 0.245 e. The maximum Gasteiger partial charge on any atom is 0.245 e. The van der Waals surface area contributed by atoms with Gasteiger partial charge in [0.25, 0.3) is 0 Å². The number of nitrogens with zero attached hydrogens (tertiary/aromatic N) is 1. The normalized spacial score (nSPS) is 16.5. The van der Waals surface area contributed by atoms with E-state index in [2.05, 4.69) is 15.9 Å². The van der Waals surface area contributed by atoms with Gasteiger partial charge in [-0.1, -0.05) is 15.9 Å². The molecule has 5 nitrogen and oxygen atoms in total. The third-order valence-corrected chi connectivity index (χ3v) is 4.42. The van der Waals surface area contributed by atoms with Gasteiger partial charge in [-0.3, -0.25) is 4.79 Å². The van der Waals surface area contributed by atoms with E-state index in [0.29, 0.717) is 47.8 Å². The molecule has 1 aromatic rings. The lowest BCUT2D eigenvalue weighted by Gasteiger charge is -2.29. The maximum absolute atomic E-state index is 12.5. The van der Waals surface area contributed by atoms with Crippen LogP contribution in [-0.2, 0) is 9.53 Å². The molecule has 7 heteroatoms. The average Bonchev–Trinajstić information content (AvgIpc) is 2.54. The number of alkyl halides is 1. The summed E-state index contributed by atoms with van der Waals surface area (Å²) in [6.07, 6.45) is 0. The zero-order valence-electron chi connectivity index (χ0n) is 11.9. The molecule has 1 aliphatic heterocycles. The van der Waals surface area contributed by atoms with Crippen molar-refractivity contribution in [1.82, 2.24) is 4.90 Å². The van der Waals surface area contributed by atoms with Crippen LogP contribution in [0.25, 0.3) is 0 Å². The van der Waals surface area contributed by atoms with Crippen LogP contribution in [0.2, 0.25) is 0 Å². The molecule has 0 bridgehead atoms. The predicted octanol–water partition coefficient (Wildman–Crippen LogP) is 2.61. The van der Waals surface area contributed by atoms with Gasteiger partial charge in [-0.15, -0.1) is 11.6 Å². The predicted molar refractivity (Wildman–Crippen MR) is 83.2 cm³/mol. The molecule has 1 aliphatic rings. The summed E-state index contributed by atoms with van der Waals surface area (Å²) < 4.78 is 16.4. The molecule has 0 spiro atoms. The number of rotatable bonds is 4. The summed E-state index contributed by atoms with van der Waals surface area (Å²) in [4.78, 5) is 14.2. The van der Waals surface area contributed by atoms with Gasteiger partial charge in [0.15, 0.2) is 11.5 Å². The number of carbonyl (C=O) groups is 1. The summed E-state index contributed by atoms with van der Waals surface area (Å²) >= 11 is 9.79. The number of hydrogen-bond donors (Lipinski definition) is 0. The van der Waals surface area contributed by atoms with Gasteiger partial charge < -0.3 is 19.1 Å². The number of benzene rings is 1. The molecule has 0 aromatic heterocycles. The lowest BCUT2D eigenvalue weighted by molar-refractivity contribution is -0.134. The van der Waals surface area contributed by atoms with Crippen molar-refractivity contribution in [3.05, 3.63) is 22.2 Å². The van der Waals surface area contributed by atoms with E-state index in [-0.39, 0.29) is 5.91 Å². The molecule has 116 valence electrons. The maximum atomic E-state index is 12.5. The molecule has 1 amide bonds. The summed E-state index contributed by atoms with van der Waals surface area (Å²) in [5, 5.41) is -0.780. The van der Waals surface area contributed by atoms with Crippen LogP contribution >= 0.6 is 27.5 Å². The number of halogens is 2. The summed E-state index contributed by atoms with van der Waals surface area (Å²) in [5.74, 6) is 0.986. The second-order valence-corrected chi connectivity index (χ2v) is 5.82. The van der Waals surface area contributed by atoms with Crippen LogP contribution < -0.4 is 9.47 Å². The number of amides is 1. The quantitative estimate of drug-likeness (QED) is 0.756. The third kappa shape index (κ3) is 3.62. The summed E-state index contributed by atoms with van der Waals surface area (Å²) in [6, 6.07) is 3.47. The van der Waals surface area contributed by atoms with Crippen LogP contribution in [0, 0.1) is 0 Å². The van der Waals surface area contributed by atoms with Gasteiger partial charge in [0.1, 0.15) is 5.38 Å². The summed E-state index contributed by atoms with van der Waals surface area (Å²) in [7, 11) is 3.10. The van der Waals surface area contributed by atoms with E-state index >= 15 is 0 Å². The van der Waals surface area contributed by atoms with E-state index in [9.17, 15) is 4.79 Å². The van der Waals surface area contributed by atoms with E-state index < -0.39 is 5.38 Å². The van der Waals surface area contributed by atoms with E-state index in [1.807, 2.05) is 0 Å². The zero-order valence-corrected chi connectivity index (χ0v) is 14.2. The Balaban J connectivity index is 2.25. The van der Waals surface area contributed by atoms with Crippen molar-refractivity contribution in [3.63, 3.8) is 0 Å². The molecular weight excluding hydrogens is 362 g/mol. The Hall–Kier alpha value is -0.980. The minimum atomic E-state index is -0.780. The molecule has 0 radical (unpaired) electrons. The van der Waals surface area contributed by atoms with Crippen LogP contribution in [0.15, 0.2) is 16.6 Å².